The first-order valence-corrected chi connectivity index (χ1v) is 26.8. The number of ether oxygens (including phenoxy) is 6. The molecule has 452 valence electrons. The van der Waals surface area contributed by atoms with Crippen LogP contribution in [-0.2, 0) is 67.8 Å². The van der Waals surface area contributed by atoms with Crippen LogP contribution in [-0.4, -0.2) is 144 Å². The Bertz CT molecular complexity index is 2800. The monoisotopic (exact) mass is 1220 g/mol. The molecule has 2 aliphatic heterocycles. The van der Waals surface area contributed by atoms with Gasteiger partial charge in [-0.2, -0.15) is 16.8 Å². The highest BCUT2D eigenvalue weighted by atomic mass is 35.5. The topological polar surface area (TPSA) is 466 Å². The summed E-state index contributed by atoms with van der Waals surface area (Å²) in [5, 5.41) is 7.04. The summed E-state index contributed by atoms with van der Waals surface area (Å²) in [7, 11) is -5.42. The Kier molecular flexibility index (Phi) is 37.7. The highest BCUT2D eigenvalue weighted by Gasteiger charge is 2.41. The van der Waals surface area contributed by atoms with Crippen molar-refractivity contribution in [2.45, 2.75) is 49.3 Å². The molecule has 25 nitrogen and oxygen atoms in total. The number of dihydropyridines is 2. The van der Waals surface area contributed by atoms with Crippen LogP contribution >= 0.6 is 23.2 Å². The molecule has 29 heteroatoms. The second-order valence-electron chi connectivity index (χ2n) is 15.7. The van der Waals surface area contributed by atoms with Crippen LogP contribution in [0.1, 0.15) is 50.7 Å². The summed E-state index contributed by atoms with van der Waals surface area (Å²) in [5.74, 6) is -3.73. The molecule has 0 amide bonds. The van der Waals surface area contributed by atoms with Crippen LogP contribution in [0.3, 0.4) is 0 Å². The lowest BCUT2D eigenvalue weighted by atomic mass is 9.80. The second kappa shape index (κ2) is 38.9. The number of nitrogens with two attached hydrogens (primary N) is 2. The van der Waals surface area contributed by atoms with Crippen molar-refractivity contribution < 1.29 is 101 Å². The zero-order valence-electron chi connectivity index (χ0n) is 45.0. The summed E-state index contributed by atoms with van der Waals surface area (Å²) >= 11 is 12.8. The maximum Gasteiger partial charge on any atom is 0.336 e. The van der Waals surface area contributed by atoms with Crippen molar-refractivity contribution in [3.63, 3.8) is 0 Å². The minimum atomic E-state index is -4.00. The van der Waals surface area contributed by atoms with Crippen molar-refractivity contribution in [1.29, 1.82) is 0 Å². The Balaban J connectivity index is -0.00000107. The molecule has 0 fully saturated rings. The van der Waals surface area contributed by atoms with Gasteiger partial charge in [0.15, 0.2) is 0 Å². The summed E-state index contributed by atoms with van der Waals surface area (Å²) < 4.78 is 90.0. The summed E-state index contributed by atoms with van der Waals surface area (Å²) in [6, 6.07) is 28.9. The van der Waals surface area contributed by atoms with Gasteiger partial charge in [0.1, 0.15) is 0 Å². The third-order valence-corrected chi connectivity index (χ3v) is 13.0. The van der Waals surface area contributed by atoms with Gasteiger partial charge in [0, 0.05) is 34.5 Å². The van der Waals surface area contributed by atoms with E-state index in [1.165, 1.54) is 38.5 Å². The number of allylic oxidation sites excluding steroid dienone is 2. The number of rotatable bonds is 18. The molecule has 4 aromatic carbocycles. The van der Waals surface area contributed by atoms with Crippen LogP contribution in [0.2, 0.25) is 10.0 Å². The number of carbonyl (C=O) groups excluding carboxylic acids is 4. The number of benzene rings is 4. The Labute approximate surface area is 479 Å². The van der Waals surface area contributed by atoms with Crippen LogP contribution in [0, 0.1) is 0 Å². The van der Waals surface area contributed by atoms with Gasteiger partial charge >= 0.3 is 23.9 Å². The molecular weight excluding hydrogens is 1150 g/mol. The molecule has 81 heavy (non-hydrogen) atoms. The predicted molar refractivity (Wildman–Crippen MR) is 302 cm³/mol. The third kappa shape index (κ3) is 23.0. The minimum absolute atomic E-state index is 0. The molecule has 0 unspecified atom stereocenters. The third-order valence-electron chi connectivity index (χ3n) is 10.6. The quantitative estimate of drug-likeness (QED) is 0.0360. The van der Waals surface area contributed by atoms with E-state index in [9.17, 15) is 36.0 Å². The Hall–Kier alpha value is -6.64. The van der Waals surface area contributed by atoms with Crippen LogP contribution in [0.4, 0.5) is 0 Å². The normalized spacial score (nSPS) is 14.3. The Morgan fingerprint density at radius 1 is 0.506 bits per heavy atom. The molecule has 2 atom stereocenters. The highest BCUT2D eigenvalue weighted by Crippen LogP contribution is 2.43. The molecular formula is C52H72Cl2N4O21S2. The molecule has 4 aromatic rings. The van der Waals surface area contributed by atoms with Gasteiger partial charge in [-0.05, 0) is 75.2 Å². The molecule has 2 heterocycles. The first kappa shape index (κ1) is 78.6. The number of halogens is 2. The average molecular weight is 1220 g/mol. The average Bonchev–Trinajstić information content (AvgIpc) is 3.39. The summed E-state index contributed by atoms with van der Waals surface area (Å²) in [4.78, 5) is 50.8. The van der Waals surface area contributed by atoms with E-state index in [0.717, 1.165) is 0 Å². The van der Waals surface area contributed by atoms with E-state index in [-0.39, 0.29) is 74.7 Å². The summed E-state index contributed by atoms with van der Waals surface area (Å²) in [5.41, 5.74) is 15.4. The van der Waals surface area contributed by atoms with Gasteiger partial charge in [0.05, 0.1) is 109 Å². The van der Waals surface area contributed by atoms with Crippen molar-refractivity contribution in [1.82, 2.24) is 10.6 Å². The fourth-order valence-corrected chi connectivity index (χ4v) is 8.91. The second-order valence-corrected chi connectivity index (χ2v) is 19.4. The molecule has 0 aliphatic carbocycles. The lowest BCUT2D eigenvalue weighted by molar-refractivity contribution is -0.140. The molecule has 0 saturated carbocycles. The Morgan fingerprint density at radius 2 is 0.802 bits per heavy atom. The maximum atomic E-state index is 12.9. The smallest absolute Gasteiger partial charge is 0.336 e. The number of carbonyl (C=O) groups is 4. The first-order chi connectivity index (χ1) is 36.1. The zero-order valence-corrected chi connectivity index (χ0v) is 48.2. The van der Waals surface area contributed by atoms with Gasteiger partial charge in [0.25, 0.3) is 20.2 Å². The van der Waals surface area contributed by atoms with Gasteiger partial charge in [0.2, 0.25) is 0 Å². The molecule has 0 bridgehead atoms. The molecule has 0 radical (unpaired) electrons. The summed E-state index contributed by atoms with van der Waals surface area (Å²) in [6.07, 6.45) is 0. The largest absolute Gasteiger partial charge is 0.466 e. The van der Waals surface area contributed by atoms with Gasteiger partial charge in [-0.15, -0.1) is 0 Å². The van der Waals surface area contributed by atoms with E-state index in [2.05, 4.69) is 10.6 Å². The first-order valence-electron chi connectivity index (χ1n) is 23.1. The number of methoxy groups -OCH3 is 2. The van der Waals surface area contributed by atoms with Gasteiger partial charge in [-0.25, -0.2) is 19.2 Å². The molecule has 18 N–H and O–H groups in total. The van der Waals surface area contributed by atoms with Crippen LogP contribution in [0.15, 0.2) is 164 Å². The van der Waals surface area contributed by atoms with Crippen molar-refractivity contribution in [2.75, 3.05) is 67.0 Å². The molecule has 2 aliphatic rings. The van der Waals surface area contributed by atoms with E-state index in [0.29, 0.717) is 81.4 Å². The van der Waals surface area contributed by atoms with E-state index in [1.807, 2.05) is 0 Å². The van der Waals surface area contributed by atoms with E-state index in [4.69, 9.17) is 72.2 Å². The number of hydrogen-bond donors (Lipinski definition) is 6. The standard InChI is InChI=1S/2C20H25ClN2O5.2C6H6O3S.5H2O/c2*1-4-28-20(25)18-15(11-27-10-9-22)23-12(2)16(19(24)26-3)17(18)13-7-5-6-8-14(13)21;2*7-10(8,9)6-4-2-1-3-5-6;;;;;/h2*5-8,17,23H,4,9-11,22H2,1-3H3;2*1-5H,(H,7,8,9);5*1H2/t2*17-;;;;;;;/m00......./s1. The molecule has 6 rings (SSSR count). The van der Waals surface area contributed by atoms with Crippen molar-refractivity contribution >= 4 is 67.3 Å². The summed E-state index contributed by atoms with van der Waals surface area (Å²) in [6.45, 7) is 8.83. The molecule has 0 spiro atoms. The van der Waals surface area contributed by atoms with Gasteiger partial charge < -0.3 is 77.9 Å². The van der Waals surface area contributed by atoms with E-state index >= 15 is 0 Å². The number of nitrogens with one attached hydrogen (secondary N) is 2. The Morgan fingerprint density at radius 3 is 1.05 bits per heavy atom. The van der Waals surface area contributed by atoms with Crippen molar-refractivity contribution in [2.24, 2.45) is 11.5 Å². The number of esters is 4. The SMILES string of the molecule is CCOC(=O)C1=C(COCCN)NC(C)=C(C(=O)OC)[C@@H]1c1ccccc1Cl.CCOC(=O)C1=C(COCCN)NC(C)=C(C(=O)OC)[C@@H]1c1ccccc1Cl.O.O.O.O.O.O=S(=O)(O)c1ccccc1.O=S(=O)(O)c1ccccc1. The van der Waals surface area contributed by atoms with E-state index < -0.39 is 55.9 Å². The van der Waals surface area contributed by atoms with Gasteiger partial charge in [-0.1, -0.05) is 96.0 Å². The van der Waals surface area contributed by atoms with Crippen LogP contribution in [0.5, 0.6) is 0 Å². The minimum Gasteiger partial charge on any atom is -0.466 e. The van der Waals surface area contributed by atoms with Crippen molar-refractivity contribution in [3.05, 3.63) is 175 Å². The van der Waals surface area contributed by atoms with Crippen molar-refractivity contribution in [3.8, 4) is 0 Å². The predicted octanol–water partition coefficient (Wildman–Crippen LogP) is 2.28. The lowest BCUT2D eigenvalue weighted by Crippen LogP contribution is -2.35. The lowest BCUT2D eigenvalue weighted by Gasteiger charge is -2.31. The van der Waals surface area contributed by atoms with Gasteiger partial charge in [-0.3, -0.25) is 9.11 Å². The highest BCUT2D eigenvalue weighted by molar-refractivity contribution is 7.86. The fourth-order valence-electron chi connectivity index (χ4n) is 7.42. The van der Waals surface area contributed by atoms with E-state index in [1.54, 1.807) is 113 Å². The van der Waals surface area contributed by atoms with Crippen LogP contribution in [0.25, 0.3) is 0 Å². The van der Waals surface area contributed by atoms with Crippen LogP contribution < -0.4 is 22.1 Å². The maximum absolute atomic E-state index is 12.9. The molecule has 0 aromatic heterocycles. The fraction of sp³-hybridized carbons (Fsp3) is 0.308. The number of hydrogen-bond acceptors (Lipinski definition) is 18. The molecule has 0 saturated heterocycles. The zero-order chi connectivity index (χ0) is 56.6.